The SMILES string of the molecule is Fc1c(F)c(I)c(F)c(F)c1I.NC(=O)c1ccncc1.NC(=O)c1ccncc1. The maximum Gasteiger partial charge on any atom is 0.248 e. The van der Waals surface area contributed by atoms with Crippen molar-refractivity contribution in [2.24, 2.45) is 11.5 Å². The average molecular weight is 646 g/mol. The quantitative estimate of drug-likeness (QED) is 0.191. The van der Waals surface area contributed by atoms with Gasteiger partial charge in [-0.05, 0) is 69.4 Å². The van der Waals surface area contributed by atoms with Gasteiger partial charge in [0.05, 0.1) is 7.14 Å². The van der Waals surface area contributed by atoms with E-state index in [-0.39, 0.29) is 0 Å². The van der Waals surface area contributed by atoms with Gasteiger partial charge in [0.1, 0.15) is 0 Å². The van der Waals surface area contributed by atoms with Crippen LogP contribution in [0.15, 0.2) is 49.1 Å². The molecule has 1 aromatic carbocycles. The van der Waals surface area contributed by atoms with Gasteiger partial charge in [0, 0.05) is 35.9 Å². The Balaban J connectivity index is 0.000000229. The third-order valence-electron chi connectivity index (χ3n) is 3.09. The van der Waals surface area contributed by atoms with Gasteiger partial charge in [0.2, 0.25) is 11.8 Å². The Bertz CT molecular complexity index is 871. The van der Waals surface area contributed by atoms with E-state index in [2.05, 4.69) is 9.97 Å². The van der Waals surface area contributed by atoms with Crippen LogP contribution in [0.1, 0.15) is 20.7 Å². The molecule has 0 fully saturated rings. The average Bonchev–Trinajstić information content (AvgIpc) is 2.77. The second-order valence-electron chi connectivity index (χ2n) is 5.08. The van der Waals surface area contributed by atoms with E-state index < -0.39 is 42.2 Å². The van der Waals surface area contributed by atoms with Gasteiger partial charge in [-0.3, -0.25) is 19.6 Å². The van der Waals surface area contributed by atoms with Gasteiger partial charge in [-0.15, -0.1) is 0 Å². The summed E-state index contributed by atoms with van der Waals surface area (Å²) >= 11 is 2.41. The highest BCUT2D eigenvalue weighted by Gasteiger charge is 2.21. The van der Waals surface area contributed by atoms with Gasteiger partial charge in [-0.1, -0.05) is 0 Å². The van der Waals surface area contributed by atoms with Crippen molar-refractivity contribution >= 4 is 57.0 Å². The first-order valence-electron chi connectivity index (χ1n) is 7.64. The summed E-state index contributed by atoms with van der Waals surface area (Å²) in [6.07, 6.45) is 6.11. The largest absolute Gasteiger partial charge is 0.366 e. The molecule has 2 aromatic heterocycles. The minimum atomic E-state index is -1.35. The highest BCUT2D eigenvalue weighted by Crippen LogP contribution is 2.25. The van der Waals surface area contributed by atoms with Crippen LogP contribution in [-0.2, 0) is 0 Å². The number of amides is 2. The standard InChI is InChI=1S/C6F4I2.2C6H6N2O/c7-1-2(8)6(12)4(10)3(9)5(1)11;2*7-6(9)5-1-3-8-4-2-5/h;2*1-4H,(H2,7,9). The minimum Gasteiger partial charge on any atom is -0.366 e. The second kappa shape index (κ2) is 12.4. The number of primary amides is 2. The highest BCUT2D eigenvalue weighted by atomic mass is 127. The number of rotatable bonds is 2. The Kier molecular flexibility index (Phi) is 10.6. The zero-order valence-corrected chi connectivity index (χ0v) is 19.1. The zero-order chi connectivity index (χ0) is 22.8. The molecule has 0 unspecified atom stereocenters. The summed E-state index contributed by atoms with van der Waals surface area (Å²) < 4.78 is 49.2. The van der Waals surface area contributed by atoms with Crippen LogP contribution in [0.25, 0.3) is 0 Å². The minimum absolute atomic E-state index is 0.419. The molecule has 0 atom stereocenters. The number of benzene rings is 1. The molecule has 12 heteroatoms. The van der Waals surface area contributed by atoms with E-state index in [4.69, 9.17) is 11.5 Å². The number of carbonyl (C=O) groups is 2. The predicted octanol–water partition coefficient (Wildman–Crippen LogP) is 3.81. The summed E-state index contributed by atoms with van der Waals surface area (Å²) in [5.74, 6) is -6.23. The molecule has 0 saturated carbocycles. The third kappa shape index (κ3) is 7.47. The molecular weight excluding hydrogens is 634 g/mol. The molecule has 0 spiro atoms. The summed E-state index contributed by atoms with van der Waals surface area (Å²) in [5.41, 5.74) is 10.9. The number of hydrogen-bond acceptors (Lipinski definition) is 4. The maximum absolute atomic E-state index is 12.6. The molecule has 3 aromatic rings. The molecule has 2 amide bonds. The van der Waals surface area contributed by atoms with Crippen molar-refractivity contribution in [3.05, 3.63) is 90.6 Å². The molecule has 30 heavy (non-hydrogen) atoms. The topological polar surface area (TPSA) is 112 Å². The molecule has 0 radical (unpaired) electrons. The van der Waals surface area contributed by atoms with Crippen LogP contribution in [0.4, 0.5) is 17.6 Å². The lowest BCUT2D eigenvalue weighted by Crippen LogP contribution is -2.10. The van der Waals surface area contributed by atoms with E-state index in [9.17, 15) is 27.2 Å². The molecule has 6 nitrogen and oxygen atoms in total. The molecule has 158 valence electrons. The van der Waals surface area contributed by atoms with Gasteiger partial charge in [0.15, 0.2) is 23.3 Å². The van der Waals surface area contributed by atoms with Gasteiger partial charge < -0.3 is 11.5 Å². The van der Waals surface area contributed by atoms with Crippen LogP contribution in [0.5, 0.6) is 0 Å². The lowest BCUT2D eigenvalue weighted by molar-refractivity contribution is 0.0991. The van der Waals surface area contributed by atoms with Crippen molar-refractivity contribution in [1.29, 1.82) is 0 Å². The number of pyridine rings is 2. The Labute approximate surface area is 195 Å². The second-order valence-corrected chi connectivity index (χ2v) is 7.24. The summed E-state index contributed by atoms with van der Waals surface area (Å²) in [7, 11) is 0. The normalized spacial score (nSPS) is 9.53. The molecule has 0 bridgehead atoms. The molecule has 3 rings (SSSR count). The molecule has 0 aliphatic rings. The summed E-state index contributed by atoms with van der Waals surface area (Å²) in [6.45, 7) is 0. The van der Waals surface area contributed by atoms with E-state index in [1.807, 2.05) is 0 Å². The van der Waals surface area contributed by atoms with Crippen molar-refractivity contribution in [3.8, 4) is 0 Å². The third-order valence-corrected chi connectivity index (χ3v) is 4.98. The lowest BCUT2D eigenvalue weighted by atomic mass is 10.3. The Morgan fingerprint density at radius 1 is 0.633 bits per heavy atom. The predicted molar refractivity (Wildman–Crippen MR) is 117 cm³/mol. The van der Waals surface area contributed by atoms with Crippen LogP contribution in [0.3, 0.4) is 0 Å². The van der Waals surface area contributed by atoms with E-state index in [0.717, 1.165) is 0 Å². The molecule has 2 heterocycles. The number of halogens is 6. The highest BCUT2D eigenvalue weighted by molar-refractivity contribution is 14.1. The molecular formula is C18H12F4I2N4O2. The summed E-state index contributed by atoms with van der Waals surface area (Å²) in [6, 6.07) is 6.29. The smallest absolute Gasteiger partial charge is 0.248 e. The van der Waals surface area contributed by atoms with Gasteiger partial charge >= 0.3 is 0 Å². The fourth-order valence-corrected chi connectivity index (χ4v) is 2.56. The number of carbonyl (C=O) groups excluding carboxylic acids is 2. The fourth-order valence-electron chi connectivity index (χ4n) is 1.61. The van der Waals surface area contributed by atoms with E-state index >= 15 is 0 Å². The molecule has 4 N–H and O–H groups in total. The van der Waals surface area contributed by atoms with Crippen molar-refractivity contribution in [2.75, 3.05) is 0 Å². The van der Waals surface area contributed by atoms with Gasteiger partial charge in [-0.2, -0.15) is 0 Å². The van der Waals surface area contributed by atoms with E-state index in [1.54, 1.807) is 24.3 Å². The first-order chi connectivity index (χ1) is 14.1. The van der Waals surface area contributed by atoms with Crippen molar-refractivity contribution in [2.45, 2.75) is 0 Å². The van der Waals surface area contributed by atoms with Crippen LogP contribution in [-0.4, -0.2) is 21.8 Å². The van der Waals surface area contributed by atoms with Crippen molar-refractivity contribution < 1.29 is 27.2 Å². The first kappa shape index (κ1) is 25.7. The monoisotopic (exact) mass is 646 g/mol. The van der Waals surface area contributed by atoms with Crippen molar-refractivity contribution in [1.82, 2.24) is 9.97 Å². The van der Waals surface area contributed by atoms with Crippen molar-refractivity contribution in [3.63, 3.8) is 0 Å². The molecule has 0 aliphatic heterocycles. The zero-order valence-electron chi connectivity index (χ0n) is 14.8. The lowest BCUT2D eigenvalue weighted by Gasteiger charge is -2.02. The Hall–Kier alpha value is -2.36. The number of nitrogens with two attached hydrogens (primary N) is 2. The Morgan fingerprint density at radius 2 is 0.867 bits per heavy atom. The maximum atomic E-state index is 12.6. The Morgan fingerprint density at radius 3 is 1.03 bits per heavy atom. The summed E-state index contributed by atoms with van der Waals surface area (Å²) in [4.78, 5) is 28.2. The van der Waals surface area contributed by atoms with Gasteiger partial charge in [0.25, 0.3) is 0 Å². The first-order valence-corrected chi connectivity index (χ1v) is 9.80. The number of nitrogens with zero attached hydrogens (tertiary/aromatic N) is 2. The van der Waals surface area contributed by atoms with E-state index in [1.165, 1.54) is 70.0 Å². The molecule has 0 aliphatic carbocycles. The van der Waals surface area contributed by atoms with Crippen LogP contribution in [0, 0.1) is 30.4 Å². The number of aromatic nitrogens is 2. The number of hydrogen-bond donors (Lipinski definition) is 2. The van der Waals surface area contributed by atoms with Crippen LogP contribution >= 0.6 is 45.2 Å². The van der Waals surface area contributed by atoms with Crippen LogP contribution in [0.2, 0.25) is 0 Å². The summed E-state index contributed by atoms with van der Waals surface area (Å²) in [5, 5.41) is 0. The van der Waals surface area contributed by atoms with Crippen LogP contribution < -0.4 is 11.5 Å². The van der Waals surface area contributed by atoms with Gasteiger partial charge in [-0.25, -0.2) is 17.6 Å². The fraction of sp³-hybridized carbons (Fsp3) is 0. The van der Waals surface area contributed by atoms with E-state index in [0.29, 0.717) is 11.1 Å². The molecule has 0 saturated heterocycles.